The molecule has 1 aromatic heterocycles. The van der Waals surface area contributed by atoms with Crippen molar-refractivity contribution in [2.24, 2.45) is 5.92 Å². The Morgan fingerprint density at radius 1 is 1.31 bits per heavy atom. The molecule has 162 valence electrons. The molecule has 6 heteroatoms. The average molecular weight is 404 g/mol. The van der Waals surface area contributed by atoms with E-state index < -0.39 is 0 Å². The highest BCUT2D eigenvalue weighted by molar-refractivity contribution is 5.88. The Morgan fingerprint density at radius 2 is 2.07 bits per heavy atom. The lowest BCUT2D eigenvalue weighted by Gasteiger charge is -2.25. The Balaban J connectivity index is 0.000000442. The van der Waals surface area contributed by atoms with Gasteiger partial charge >= 0.3 is 0 Å². The van der Waals surface area contributed by atoms with Crippen LogP contribution in [-0.4, -0.2) is 41.0 Å². The summed E-state index contributed by atoms with van der Waals surface area (Å²) in [5, 5.41) is 6.52. The van der Waals surface area contributed by atoms with Gasteiger partial charge < -0.3 is 14.7 Å². The van der Waals surface area contributed by atoms with Crippen LogP contribution >= 0.6 is 0 Å². The van der Waals surface area contributed by atoms with Gasteiger partial charge in [-0.1, -0.05) is 51.1 Å². The van der Waals surface area contributed by atoms with Crippen molar-refractivity contribution in [1.82, 2.24) is 15.4 Å². The van der Waals surface area contributed by atoms with Gasteiger partial charge in [-0.05, 0) is 44.1 Å². The van der Waals surface area contributed by atoms with Gasteiger partial charge in [0, 0.05) is 25.6 Å². The highest BCUT2D eigenvalue weighted by atomic mass is 16.5. The maximum absolute atomic E-state index is 12.3. The number of rotatable bonds is 5. The minimum absolute atomic E-state index is 0.00974. The van der Waals surface area contributed by atoms with Gasteiger partial charge in [-0.25, -0.2) is 0 Å². The molecule has 1 N–H and O–H groups in total. The molecular formula is C23H37N3O3. The van der Waals surface area contributed by atoms with Gasteiger partial charge in [-0.2, -0.15) is 0 Å². The quantitative estimate of drug-likeness (QED) is 0.789. The van der Waals surface area contributed by atoms with Crippen molar-refractivity contribution in [3.8, 4) is 0 Å². The second kappa shape index (κ2) is 13.7. The third kappa shape index (κ3) is 9.11. The van der Waals surface area contributed by atoms with E-state index in [-0.39, 0.29) is 17.9 Å². The summed E-state index contributed by atoms with van der Waals surface area (Å²) in [6.07, 6.45) is 12.3. The van der Waals surface area contributed by atoms with Gasteiger partial charge in [0.25, 0.3) is 0 Å². The van der Waals surface area contributed by atoms with E-state index in [1.165, 1.54) is 0 Å². The molecular weight excluding hydrogens is 366 g/mol. The van der Waals surface area contributed by atoms with Crippen LogP contribution in [0.5, 0.6) is 0 Å². The molecule has 29 heavy (non-hydrogen) atoms. The number of carbonyl (C=O) groups is 2. The Labute approximate surface area is 175 Å². The Hall–Kier alpha value is -2.37. The molecule has 1 saturated heterocycles. The molecule has 3 rings (SSSR count). The summed E-state index contributed by atoms with van der Waals surface area (Å²) in [7, 11) is 0. The Kier molecular flexibility index (Phi) is 11.7. The van der Waals surface area contributed by atoms with Crippen LogP contribution in [-0.2, 0) is 9.59 Å². The zero-order valence-corrected chi connectivity index (χ0v) is 18.6. The van der Waals surface area contributed by atoms with Crippen molar-refractivity contribution < 1.29 is 14.1 Å². The van der Waals surface area contributed by atoms with E-state index in [0.717, 1.165) is 37.0 Å². The third-order valence-electron chi connectivity index (χ3n) is 4.56. The highest BCUT2D eigenvalue weighted by Gasteiger charge is 2.33. The summed E-state index contributed by atoms with van der Waals surface area (Å²) in [5.74, 6) is 0.434. The van der Waals surface area contributed by atoms with Crippen molar-refractivity contribution in [1.29, 1.82) is 0 Å². The molecule has 2 amide bonds. The molecule has 1 aromatic rings. The lowest BCUT2D eigenvalue weighted by Crippen LogP contribution is -2.46. The monoisotopic (exact) mass is 403 g/mol. The minimum Gasteiger partial charge on any atom is -0.365 e. The van der Waals surface area contributed by atoms with Gasteiger partial charge in [0.1, 0.15) is 12.3 Å². The topological polar surface area (TPSA) is 75.4 Å². The first-order chi connectivity index (χ1) is 14.0. The fraction of sp³-hybridized carbons (Fsp3) is 0.609. The maximum Gasteiger partial charge on any atom is 0.243 e. The van der Waals surface area contributed by atoms with E-state index in [1.54, 1.807) is 17.2 Å². The molecule has 0 aromatic carbocycles. The molecule has 1 aliphatic heterocycles. The second-order valence-corrected chi connectivity index (χ2v) is 7.46. The lowest BCUT2D eigenvalue weighted by atomic mass is 10.1. The van der Waals surface area contributed by atoms with Gasteiger partial charge in [0.05, 0.1) is 5.69 Å². The van der Waals surface area contributed by atoms with Crippen LogP contribution in [0.4, 0.5) is 0 Å². The Morgan fingerprint density at radius 3 is 2.59 bits per heavy atom. The molecule has 0 bridgehead atoms. The smallest absolute Gasteiger partial charge is 0.243 e. The number of aryl methyl sites for hydroxylation is 1. The first-order valence-corrected chi connectivity index (χ1v) is 10.8. The fourth-order valence-electron chi connectivity index (χ4n) is 3.18. The van der Waals surface area contributed by atoms with Crippen molar-refractivity contribution in [2.75, 3.05) is 13.1 Å². The van der Waals surface area contributed by atoms with Crippen molar-refractivity contribution >= 4 is 11.8 Å². The minimum atomic E-state index is -0.274. The van der Waals surface area contributed by atoms with E-state index in [1.807, 2.05) is 34.6 Å². The molecule has 1 atom stereocenters. The van der Waals surface area contributed by atoms with Crippen molar-refractivity contribution in [3.63, 3.8) is 0 Å². The number of hydrogen-bond donors (Lipinski definition) is 1. The zero-order chi connectivity index (χ0) is 21.6. The largest absolute Gasteiger partial charge is 0.365 e. The first-order valence-electron chi connectivity index (χ1n) is 10.8. The number of aromatic nitrogens is 1. The second-order valence-electron chi connectivity index (χ2n) is 7.46. The number of hydrogen-bond acceptors (Lipinski definition) is 4. The van der Waals surface area contributed by atoms with E-state index >= 15 is 0 Å². The number of allylic oxidation sites excluding steroid dienone is 2. The van der Waals surface area contributed by atoms with Gasteiger partial charge in [0.15, 0.2) is 0 Å². The van der Waals surface area contributed by atoms with Gasteiger partial charge in [-0.3, -0.25) is 9.59 Å². The van der Waals surface area contributed by atoms with Crippen LogP contribution in [0.15, 0.2) is 40.7 Å². The molecule has 0 spiro atoms. The fourth-order valence-corrected chi connectivity index (χ4v) is 3.18. The van der Waals surface area contributed by atoms with Crippen LogP contribution < -0.4 is 5.32 Å². The molecule has 0 saturated carbocycles. The summed E-state index contributed by atoms with van der Waals surface area (Å²) in [6.45, 7) is 11.2. The van der Waals surface area contributed by atoms with Gasteiger partial charge in [0.2, 0.25) is 11.8 Å². The van der Waals surface area contributed by atoms with E-state index in [4.69, 9.17) is 0 Å². The van der Waals surface area contributed by atoms with Crippen LogP contribution in [0.2, 0.25) is 0 Å². The Bertz CT molecular complexity index is 663. The standard InChI is InChI=1S/C17H26N2O2.C4H5NO.C2H6/c1-13(2)11-16(20)19-10-6-9-15(19)17(21)18-12-14-7-4-3-5-8-14;1-4-2-3-6-5-4;1-2/h4,7-8,13,15H,3,5-6,9-12H2,1-2H3,(H,18,21);2-3H,1H3;1-2H3. The van der Waals surface area contributed by atoms with Crippen molar-refractivity contribution in [3.05, 3.63) is 41.8 Å². The summed E-state index contributed by atoms with van der Waals surface area (Å²) >= 11 is 0. The van der Waals surface area contributed by atoms with Crippen LogP contribution in [0, 0.1) is 12.8 Å². The van der Waals surface area contributed by atoms with Crippen molar-refractivity contribution in [2.45, 2.75) is 72.8 Å². The zero-order valence-electron chi connectivity index (χ0n) is 18.6. The normalized spacial score (nSPS) is 17.7. The van der Waals surface area contributed by atoms with Crippen LogP contribution in [0.1, 0.15) is 65.5 Å². The van der Waals surface area contributed by atoms with Crippen LogP contribution in [0.25, 0.3) is 0 Å². The summed E-state index contributed by atoms with van der Waals surface area (Å²) in [6, 6.07) is 1.53. The number of carbonyl (C=O) groups excluding carboxylic acids is 2. The molecule has 2 aliphatic rings. The summed E-state index contributed by atoms with van der Waals surface area (Å²) in [4.78, 5) is 26.3. The summed E-state index contributed by atoms with van der Waals surface area (Å²) < 4.78 is 4.46. The molecule has 0 radical (unpaired) electrons. The lowest BCUT2D eigenvalue weighted by molar-refractivity contribution is -0.138. The van der Waals surface area contributed by atoms with Gasteiger partial charge in [-0.15, -0.1) is 0 Å². The van der Waals surface area contributed by atoms with Crippen LogP contribution in [0.3, 0.4) is 0 Å². The molecule has 1 aliphatic carbocycles. The number of likely N-dealkylation sites (tertiary alicyclic amines) is 1. The van der Waals surface area contributed by atoms with E-state index in [2.05, 4.69) is 33.2 Å². The first kappa shape index (κ1) is 24.7. The number of amides is 2. The predicted octanol–water partition coefficient (Wildman–Crippen LogP) is 4.43. The SMILES string of the molecule is CC.CC(C)CC(=O)N1CCCC1C(=O)NCC1=CCCC=C1.Cc1ccon1. The molecule has 6 nitrogen and oxygen atoms in total. The molecule has 1 fully saturated rings. The summed E-state index contributed by atoms with van der Waals surface area (Å²) in [5.41, 5.74) is 2.09. The molecule has 1 unspecified atom stereocenters. The number of nitrogens with zero attached hydrogens (tertiary/aromatic N) is 2. The van der Waals surface area contributed by atoms with E-state index in [0.29, 0.717) is 25.4 Å². The molecule has 2 heterocycles. The maximum atomic E-state index is 12.3. The predicted molar refractivity (Wildman–Crippen MR) is 116 cm³/mol. The number of nitrogens with one attached hydrogen (secondary N) is 1. The average Bonchev–Trinajstić information content (AvgIpc) is 3.40. The van der Waals surface area contributed by atoms with E-state index in [9.17, 15) is 9.59 Å². The third-order valence-corrected chi connectivity index (χ3v) is 4.56. The highest BCUT2D eigenvalue weighted by Crippen LogP contribution is 2.20.